The number of hydrogen-bond acceptors (Lipinski definition) is 5. The van der Waals surface area contributed by atoms with Gasteiger partial charge in [0, 0.05) is 32.4 Å². The molecule has 8 nitrogen and oxygen atoms in total. The van der Waals surface area contributed by atoms with E-state index in [1.54, 1.807) is 6.20 Å². The van der Waals surface area contributed by atoms with E-state index < -0.39 is 0 Å². The lowest BCUT2D eigenvalue weighted by atomic mass is 9.94. The molecule has 136 valence electrons. The van der Waals surface area contributed by atoms with Crippen LogP contribution >= 0.6 is 0 Å². The molecule has 1 aromatic heterocycles. The minimum absolute atomic E-state index is 0.0169. The Labute approximate surface area is 148 Å². The molecule has 1 aromatic carbocycles. The van der Waals surface area contributed by atoms with E-state index in [4.69, 9.17) is 5.73 Å². The fraction of sp³-hybridized carbons (Fsp3) is 0.412. The van der Waals surface area contributed by atoms with Crippen LogP contribution in [-0.2, 0) is 11.8 Å². The summed E-state index contributed by atoms with van der Waals surface area (Å²) in [6.45, 7) is 7.03. The van der Waals surface area contributed by atoms with Crippen molar-refractivity contribution < 1.29 is 10.2 Å². The summed E-state index contributed by atoms with van der Waals surface area (Å²) in [7, 11) is 1.93. The van der Waals surface area contributed by atoms with Crippen LogP contribution in [0.5, 0.6) is 0 Å². The first kappa shape index (κ1) is 18.8. The molecule has 0 unspecified atom stereocenters. The summed E-state index contributed by atoms with van der Waals surface area (Å²) in [6.07, 6.45) is 3.62. The van der Waals surface area contributed by atoms with Crippen molar-refractivity contribution in [1.29, 1.82) is 0 Å². The van der Waals surface area contributed by atoms with Gasteiger partial charge in [0.1, 0.15) is 5.69 Å². The maximum atomic E-state index is 11.3. The van der Waals surface area contributed by atoms with Crippen molar-refractivity contribution in [3.8, 4) is 0 Å². The van der Waals surface area contributed by atoms with Gasteiger partial charge in [-0.25, -0.2) is 5.43 Å². The van der Waals surface area contributed by atoms with Crippen molar-refractivity contribution in [3.63, 3.8) is 0 Å². The highest BCUT2D eigenvalue weighted by Crippen LogP contribution is 2.26. The highest BCUT2D eigenvalue weighted by Gasteiger charge is 2.16. The third-order valence-corrected chi connectivity index (χ3v) is 3.87. The number of benzene rings is 1. The number of carbonyl (C=O) groups is 1. The molecule has 0 aliphatic heterocycles. The van der Waals surface area contributed by atoms with Crippen molar-refractivity contribution in [1.82, 2.24) is 9.55 Å². The van der Waals surface area contributed by atoms with E-state index in [-0.39, 0.29) is 11.3 Å². The lowest BCUT2D eigenvalue weighted by Gasteiger charge is -2.24. The summed E-state index contributed by atoms with van der Waals surface area (Å²) >= 11 is 0. The second-order valence-corrected chi connectivity index (χ2v) is 6.85. The van der Waals surface area contributed by atoms with Gasteiger partial charge in [-0.3, -0.25) is 9.36 Å². The average Bonchev–Trinajstić information content (AvgIpc) is 2.96. The van der Waals surface area contributed by atoms with Crippen molar-refractivity contribution in [2.75, 3.05) is 29.1 Å². The van der Waals surface area contributed by atoms with Gasteiger partial charge in [-0.1, -0.05) is 13.8 Å². The molecule has 0 spiro atoms. The van der Waals surface area contributed by atoms with Gasteiger partial charge in [0.25, 0.3) is 0 Å². The molecule has 0 aliphatic carbocycles. The van der Waals surface area contributed by atoms with E-state index in [0.29, 0.717) is 6.54 Å². The summed E-state index contributed by atoms with van der Waals surface area (Å²) < 4.78 is 1.91. The molecule has 0 aliphatic rings. The van der Waals surface area contributed by atoms with Crippen LogP contribution in [0.1, 0.15) is 20.8 Å². The second kappa shape index (κ2) is 8.00. The van der Waals surface area contributed by atoms with Crippen LogP contribution in [-0.4, -0.2) is 28.5 Å². The van der Waals surface area contributed by atoms with Gasteiger partial charge < -0.3 is 16.4 Å². The van der Waals surface area contributed by atoms with Crippen LogP contribution in [0.15, 0.2) is 30.6 Å². The third-order valence-electron chi connectivity index (χ3n) is 3.87. The normalized spacial score (nSPS) is 11.2. The van der Waals surface area contributed by atoms with Crippen LogP contribution in [0.2, 0.25) is 0 Å². The van der Waals surface area contributed by atoms with Crippen LogP contribution in [0.25, 0.3) is 0 Å². The molecule has 0 saturated heterocycles. The van der Waals surface area contributed by atoms with Gasteiger partial charge in [-0.05, 0) is 30.2 Å². The number of nitrogens with one attached hydrogen (secondary N) is 3. The molecule has 25 heavy (non-hydrogen) atoms. The maximum absolute atomic E-state index is 11.3. The smallest absolute Gasteiger partial charge is 0.330 e. The lowest BCUT2D eigenvalue weighted by molar-refractivity contribution is -0.547. The van der Waals surface area contributed by atoms with Crippen molar-refractivity contribution >= 4 is 28.9 Å². The predicted molar refractivity (Wildman–Crippen MR) is 100 cm³/mol. The molecule has 8 heteroatoms. The highest BCUT2D eigenvalue weighted by molar-refractivity contribution is 5.90. The number of nitrogens with zero attached hydrogens (tertiary/aromatic N) is 2. The Bertz CT molecular complexity index is 724. The maximum Gasteiger partial charge on any atom is 0.330 e. The van der Waals surface area contributed by atoms with Gasteiger partial charge >= 0.3 is 5.95 Å². The number of amides is 1. The van der Waals surface area contributed by atoms with Crippen LogP contribution in [0.4, 0.5) is 23.0 Å². The fourth-order valence-corrected chi connectivity index (χ4v) is 2.16. The molecular weight excluding hydrogens is 318 g/mol. The van der Waals surface area contributed by atoms with E-state index in [1.165, 1.54) is 6.92 Å². The SMILES string of the molecule is CC(=O)Nc1ccc(NCC(C)(C)CN)c(N[NH2+]c2nccn2C)c1. The molecule has 0 fully saturated rings. The second-order valence-electron chi connectivity index (χ2n) is 6.85. The monoisotopic (exact) mass is 346 g/mol. The van der Waals surface area contributed by atoms with Crippen molar-refractivity contribution in [2.24, 2.45) is 18.2 Å². The number of rotatable bonds is 8. The molecule has 1 amide bonds. The Kier molecular flexibility index (Phi) is 6.00. The summed E-state index contributed by atoms with van der Waals surface area (Å²) in [5, 5.41) is 6.23. The van der Waals surface area contributed by atoms with Gasteiger partial charge in [0.15, 0.2) is 0 Å². The summed E-state index contributed by atoms with van der Waals surface area (Å²) in [4.78, 5) is 15.6. The number of aryl methyl sites for hydroxylation is 1. The fourth-order valence-electron chi connectivity index (χ4n) is 2.16. The van der Waals surface area contributed by atoms with Crippen LogP contribution in [0, 0.1) is 5.41 Å². The number of carbonyl (C=O) groups excluding carboxylic acids is 1. The number of anilines is 3. The molecule has 2 aromatic rings. The van der Waals surface area contributed by atoms with Crippen molar-refractivity contribution in [3.05, 3.63) is 30.6 Å². The Hall–Kier alpha value is -2.58. The molecular formula is C17H28N7O+. The van der Waals surface area contributed by atoms with Crippen molar-refractivity contribution in [2.45, 2.75) is 20.8 Å². The summed E-state index contributed by atoms with van der Waals surface area (Å²) in [6, 6.07) is 5.69. The number of nitrogens with two attached hydrogens (primary N) is 2. The molecule has 2 rings (SSSR count). The predicted octanol–water partition coefficient (Wildman–Crippen LogP) is 0.997. The van der Waals surface area contributed by atoms with Gasteiger partial charge in [0.2, 0.25) is 5.91 Å². The van der Waals surface area contributed by atoms with Crippen LogP contribution in [0.3, 0.4) is 0 Å². The summed E-state index contributed by atoms with van der Waals surface area (Å²) in [5.41, 5.74) is 13.4. The lowest BCUT2D eigenvalue weighted by Crippen LogP contribution is -2.83. The number of quaternary nitrogens is 1. The van der Waals surface area contributed by atoms with E-state index in [2.05, 4.69) is 34.9 Å². The van der Waals surface area contributed by atoms with E-state index in [9.17, 15) is 4.79 Å². The number of imidazole rings is 1. The van der Waals surface area contributed by atoms with Crippen LogP contribution < -0.4 is 27.2 Å². The zero-order valence-electron chi connectivity index (χ0n) is 15.3. The first-order chi connectivity index (χ1) is 11.8. The number of hydrogen-bond donors (Lipinski definition) is 5. The molecule has 0 saturated carbocycles. The first-order valence-corrected chi connectivity index (χ1v) is 8.23. The van der Waals surface area contributed by atoms with Gasteiger partial charge in [-0.15, -0.1) is 0 Å². The zero-order valence-corrected chi connectivity index (χ0v) is 15.3. The highest BCUT2D eigenvalue weighted by atomic mass is 16.1. The minimum Gasteiger partial charge on any atom is -0.383 e. The number of aromatic nitrogens is 2. The molecule has 0 atom stereocenters. The Balaban J connectivity index is 2.18. The Morgan fingerprint density at radius 3 is 2.72 bits per heavy atom. The van der Waals surface area contributed by atoms with E-state index >= 15 is 0 Å². The Morgan fingerprint density at radius 2 is 2.12 bits per heavy atom. The topological polar surface area (TPSA) is 114 Å². The van der Waals surface area contributed by atoms with E-state index in [1.807, 2.05) is 41.4 Å². The molecule has 1 heterocycles. The molecule has 7 N–H and O–H groups in total. The summed E-state index contributed by atoms with van der Waals surface area (Å²) in [5.74, 6) is 0.696. The standard InChI is InChI=1S/C17H27N7O/c1-12(25)21-13-5-6-14(20-11-17(2,3)10-18)15(9-13)22-23-16-19-7-8-24(16)4/h5-9,20,22H,10-11,18H2,1-4H3,(H,19,23)(H,21,25)/p+1. The number of nitrogen functional groups attached to an aromatic ring is 1. The Morgan fingerprint density at radius 1 is 1.36 bits per heavy atom. The van der Waals surface area contributed by atoms with E-state index in [0.717, 1.165) is 29.6 Å². The minimum atomic E-state index is -0.107. The van der Waals surface area contributed by atoms with Gasteiger partial charge in [-0.2, -0.15) is 10.4 Å². The molecule has 0 bridgehead atoms. The average molecular weight is 346 g/mol. The first-order valence-electron chi connectivity index (χ1n) is 8.23. The molecule has 0 radical (unpaired) electrons. The van der Waals surface area contributed by atoms with Gasteiger partial charge in [0.05, 0.1) is 11.9 Å². The third kappa shape index (κ3) is 5.47. The quantitative estimate of drug-likeness (QED) is 0.361. The zero-order chi connectivity index (χ0) is 18.4. The largest absolute Gasteiger partial charge is 0.383 e.